The number of hydrogen-bond donors (Lipinski definition) is 2. The van der Waals surface area contributed by atoms with Crippen LogP contribution in [0.3, 0.4) is 0 Å². The Hall–Kier alpha value is -1.35. The Morgan fingerprint density at radius 3 is 2.89 bits per heavy atom. The minimum atomic E-state index is 0.0999. The van der Waals surface area contributed by atoms with Gasteiger partial charge in [-0.2, -0.15) is 0 Å². The van der Waals surface area contributed by atoms with Crippen molar-refractivity contribution >= 4 is 11.6 Å². The Bertz CT molecular complexity index is 442. The molecular weight excluding hydrogens is 224 g/mol. The van der Waals surface area contributed by atoms with E-state index >= 15 is 0 Å². The van der Waals surface area contributed by atoms with E-state index in [9.17, 15) is 4.79 Å². The topological polar surface area (TPSA) is 55.1 Å². The molecule has 0 spiro atoms. The van der Waals surface area contributed by atoms with Crippen LogP contribution in [-0.2, 0) is 11.2 Å². The molecule has 1 aromatic rings. The van der Waals surface area contributed by atoms with Crippen LogP contribution in [0, 0.1) is 5.92 Å². The summed E-state index contributed by atoms with van der Waals surface area (Å²) in [6.07, 6.45) is 3.58. The number of anilines is 1. The molecule has 3 nitrogen and oxygen atoms in total. The van der Waals surface area contributed by atoms with Gasteiger partial charge < -0.3 is 11.1 Å². The Balaban J connectivity index is 2.13. The molecule has 2 rings (SSSR count). The molecule has 0 saturated heterocycles. The van der Waals surface area contributed by atoms with Crippen molar-refractivity contribution in [2.45, 2.75) is 45.6 Å². The van der Waals surface area contributed by atoms with E-state index in [-0.39, 0.29) is 11.9 Å². The lowest BCUT2D eigenvalue weighted by Crippen LogP contribution is -2.20. The van der Waals surface area contributed by atoms with E-state index in [0.717, 1.165) is 24.9 Å². The fraction of sp³-hybridized carbons (Fsp3) is 0.533. The number of amides is 1. The van der Waals surface area contributed by atoms with E-state index in [0.29, 0.717) is 12.3 Å². The fourth-order valence-corrected chi connectivity index (χ4v) is 2.37. The third kappa shape index (κ3) is 2.91. The number of carbonyl (C=O) groups excluding carboxylic acids is 1. The number of hydrogen-bond acceptors (Lipinski definition) is 2. The summed E-state index contributed by atoms with van der Waals surface area (Å²) < 4.78 is 0. The number of rotatable bonds is 4. The molecule has 0 aliphatic carbocycles. The number of aryl methyl sites for hydroxylation is 1. The zero-order valence-corrected chi connectivity index (χ0v) is 11.2. The van der Waals surface area contributed by atoms with Crippen LogP contribution in [-0.4, -0.2) is 5.91 Å². The first-order valence-electron chi connectivity index (χ1n) is 6.78. The quantitative estimate of drug-likeness (QED) is 0.858. The lowest BCUT2D eigenvalue weighted by molar-refractivity contribution is -0.116. The van der Waals surface area contributed by atoms with Crippen molar-refractivity contribution in [3.8, 4) is 0 Å². The average molecular weight is 246 g/mol. The van der Waals surface area contributed by atoms with E-state index in [2.05, 4.69) is 25.2 Å². The van der Waals surface area contributed by atoms with Crippen LogP contribution in [0.1, 0.15) is 50.3 Å². The molecule has 98 valence electrons. The van der Waals surface area contributed by atoms with Crippen molar-refractivity contribution in [3.63, 3.8) is 0 Å². The number of fused-ring (bicyclic) bond motifs is 1. The standard InChI is InChI=1S/C15H22N2O/c1-3-10(2)8-13(16)11-4-6-14-12(9-11)5-7-15(18)17-14/h4,6,9-10,13H,3,5,7-8,16H2,1-2H3,(H,17,18). The van der Waals surface area contributed by atoms with Gasteiger partial charge in [0.15, 0.2) is 0 Å². The molecule has 18 heavy (non-hydrogen) atoms. The predicted molar refractivity (Wildman–Crippen MR) is 74.4 cm³/mol. The van der Waals surface area contributed by atoms with Gasteiger partial charge in [-0.25, -0.2) is 0 Å². The second-order valence-corrected chi connectivity index (χ2v) is 5.32. The molecule has 0 bridgehead atoms. The summed E-state index contributed by atoms with van der Waals surface area (Å²) in [7, 11) is 0. The zero-order chi connectivity index (χ0) is 13.1. The lowest BCUT2D eigenvalue weighted by atomic mass is 9.92. The molecule has 1 aliphatic heterocycles. The minimum Gasteiger partial charge on any atom is -0.326 e. The molecule has 3 heteroatoms. The Morgan fingerprint density at radius 2 is 2.17 bits per heavy atom. The summed E-state index contributed by atoms with van der Waals surface area (Å²) >= 11 is 0. The van der Waals surface area contributed by atoms with Crippen molar-refractivity contribution in [1.29, 1.82) is 0 Å². The molecule has 1 heterocycles. The Labute approximate surface area is 109 Å². The second-order valence-electron chi connectivity index (χ2n) is 5.32. The van der Waals surface area contributed by atoms with Crippen LogP contribution in [0.5, 0.6) is 0 Å². The minimum absolute atomic E-state index is 0.0999. The van der Waals surface area contributed by atoms with Crippen molar-refractivity contribution in [2.75, 3.05) is 5.32 Å². The van der Waals surface area contributed by atoms with E-state index < -0.39 is 0 Å². The summed E-state index contributed by atoms with van der Waals surface area (Å²) in [6, 6.07) is 6.28. The summed E-state index contributed by atoms with van der Waals surface area (Å²) in [5.41, 5.74) is 9.59. The molecule has 1 amide bonds. The largest absolute Gasteiger partial charge is 0.326 e. The van der Waals surface area contributed by atoms with Crippen molar-refractivity contribution < 1.29 is 4.79 Å². The van der Waals surface area contributed by atoms with Gasteiger partial charge in [0, 0.05) is 18.2 Å². The van der Waals surface area contributed by atoms with E-state index in [1.807, 2.05) is 12.1 Å². The van der Waals surface area contributed by atoms with Gasteiger partial charge in [0.1, 0.15) is 0 Å². The van der Waals surface area contributed by atoms with Crippen LogP contribution >= 0.6 is 0 Å². The van der Waals surface area contributed by atoms with Crippen LogP contribution in [0.4, 0.5) is 5.69 Å². The normalized spacial score (nSPS) is 17.8. The smallest absolute Gasteiger partial charge is 0.224 e. The van der Waals surface area contributed by atoms with Gasteiger partial charge in [0.25, 0.3) is 0 Å². The average Bonchev–Trinajstić information content (AvgIpc) is 2.37. The SMILES string of the molecule is CCC(C)CC(N)c1ccc2c(c1)CCC(=O)N2. The van der Waals surface area contributed by atoms with Gasteiger partial charge in [-0.3, -0.25) is 4.79 Å². The van der Waals surface area contributed by atoms with Gasteiger partial charge in [-0.1, -0.05) is 32.4 Å². The third-order valence-corrected chi connectivity index (χ3v) is 3.81. The molecule has 0 aromatic heterocycles. The zero-order valence-electron chi connectivity index (χ0n) is 11.2. The Morgan fingerprint density at radius 1 is 1.39 bits per heavy atom. The van der Waals surface area contributed by atoms with Gasteiger partial charge in [0.05, 0.1) is 0 Å². The molecule has 0 radical (unpaired) electrons. The van der Waals surface area contributed by atoms with Crippen LogP contribution in [0.15, 0.2) is 18.2 Å². The highest BCUT2D eigenvalue weighted by Crippen LogP contribution is 2.28. The molecule has 1 aliphatic rings. The maximum absolute atomic E-state index is 11.3. The number of carbonyl (C=O) groups is 1. The van der Waals surface area contributed by atoms with Gasteiger partial charge in [0.2, 0.25) is 5.91 Å². The second kappa shape index (κ2) is 5.53. The highest BCUT2D eigenvalue weighted by molar-refractivity contribution is 5.93. The monoisotopic (exact) mass is 246 g/mol. The van der Waals surface area contributed by atoms with Crippen LogP contribution < -0.4 is 11.1 Å². The number of nitrogens with one attached hydrogen (secondary N) is 1. The van der Waals surface area contributed by atoms with Crippen molar-refractivity contribution in [2.24, 2.45) is 11.7 Å². The molecule has 2 unspecified atom stereocenters. The summed E-state index contributed by atoms with van der Waals surface area (Å²) in [5, 5.41) is 2.90. The van der Waals surface area contributed by atoms with E-state index in [1.165, 1.54) is 11.1 Å². The number of benzene rings is 1. The predicted octanol–water partition coefficient (Wildman–Crippen LogP) is 3.01. The summed E-state index contributed by atoms with van der Waals surface area (Å²) in [5.74, 6) is 0.759. The maximum atomic E-state index is 11.3. The van der Waals surface area contributed by atoms with Crippen LogP contribution in [0.2, 0.25) is 0 Å². The summed E-state index contributed by atoms with van der Waals surface area (Å²) in [4.78, 5) is 11.3. The molecule has 0 fully saturated rings. The highest BCUT2D eigenvalue weighted by atomic mass is 16.1. The van der Waals surface area contributed by atoms with Crippen LogP contribution in [0.25, 0.3) is 0 Å². The molecular formula is C15H22N2O. The number of nitrogens with two attached hydrogens (primary N) is 1. The molecule has 0 saturated carbocycles. The van der Waals surface area contributed by atoms with Crippen molar-refractivity contribution in [1.82, 2.24) is 0 Å². The Kier molecular flexibility index (Phi) is 4.02. The first kappa shape index (κ1) is 13.1. The highest BCUT2D eigenvalue weighted by Gasteiger charge is 2.17. The van der Waals surface area contributed by atoms with E-state index in [4.69, 9.17) is 5.73 Å². The van der Waals surface area contributed by atoms with Gasteiger partial charge in [-0.15, -0.1) is 0 Å². The fourth-order valence-electron chi connectivity index (χ4n) is 2.37. The lowest BCUT2D eigenvalue weighted by Gasteiger charge is -2.21. The van der Waals surface area contributed by atoms with E-state index in [1.54, 1.807) is 0 Å². The first-order valence-corrected chi connectivity index (χ1v) is 6.78. The molecule has 1 aromatic carbocycles. The van der Waals surface area contributed by atoms with Gasteiger partial charge in [-0.05, 0) is 36.0 Å². The third-order valence-electron chi connectivity index (χ3n) is 3.81. The maximum Gasteiger partial charge on any atom is 0.224 e. The van der Waals surface area contributed by atoms with Gasteiger partial charge >= 0.3 is 0 Å². The molecule has 2 atom stereocenters. The summed E-state index contributed by atoms with van der Waals surface area (Å²) in [6.45, 7) is 4.43. The van der Waals surface area contributed by atoms with Crippen molar-refractivity contribution in [3.05, 3.63) is 29.3 Å². The first-order chi connectivity index (χ1) is 8.60. The molecule has 3 N–H and O–H groups in total.